The minimum Gasteiger partial charge on any atom is -0.492 e. The van der Waals surface area contributed by atoms with Crippen LogP contribution in [-0.4, -0.2) is 23.6 Å². The quantitative estimate of drug-likeness (QED) is 0.783. The number of rotatable bonds is 5. The van der Waals surface area contributed by atoms with Gasteiger partial charge in [0.05, 0.1) is 12.3 Å². The van der Waals surface area contributed by atoms with Crippen LogP contribution < -0.4 is 10.1 Å². The lowest BCUT2D eigenvalue weighted by atomic mass is 10.2. The number of amides is 1. The molecule has 1 aromatic carbocycles. The molecule has 0 saturated carbocycles. The number of hydrogen-bond donors (Lipinski definition) is 2. The lowest BCUT2D eigenvalue weighted by Gasteiger charge is -2.11. The van der Waals surface area contributed by atoms with Gasteiger partial charge < -0.3 is 15.2 Å². The summed E-state index contributed by atoms with van der Waals surface area (Å²) in [6.45, 7) is 3.76. The fourth-order valence-electron chi connectivity index (χ4n) is 1.32. The first-order valence-electron chi connectivity index (χ1n) is 5.49. The van der Waals surface area contributed by atoms with E-state index in [0.717, 1.165) is 6.08 Å². The maximum absolute atomic E-state index is 11.7. The molecule has 0 unspecified atom stereocenters. The molecule has 5 heteroatoms. The molecule has 0 aliphatic heterocycles. The minimum absolute atomic E-state index is 0.119. The van der Waals surface area contributed by atoms with Gasteiger partial charge >= 0.3 is 5.97 Å². The van der Waals surface area contributed by atoms with Crippen LogP contribution in [0.2, 0.25) is 0 Å². The second kappa shape index (κ2) is 6.44. The number of nitrogens with one attached hydrogen (secondary N) is 1. The number of ether oxygens (including phenoxy) is 1. The van der Waals surface area contributed by atoms with Crippen molar-refractivity contribution in [3.63, 3.8) is 0 Å². The van der Waals surface area contributed by atoms with E-state index < -0.39 is 11.9 Å². The lowest BCUT2D eigenvalue weighted by molar-refractivity contribution is -0.131. The van der Waals surface area contributed by atoms with E-state index in [2.05, 4.69) is 5.32 Å². The Balaban J connectivity index is 2.85. The maximum atomic E-state index is 11.7. The van der Waals surface area contributed by atoms with Crippen molar-refractivity contribution in [3.8, 4) is 5.75 Å². The molecule has 0 heterocycles. The highest BCUT2D eigenvalue weighted by Crippen LogP contribution is 2.24. The van der Waals surface area contributed by atoms with E-state index in [1.54, 1.807) is 24.3 Å². The molecule has 0 spiro atoms. The van der Waals surface area contributed by atoms with Crippen LogP contribution in [0.15, 0.2) is 35.9 Å². The number of carbonyl (C=O) groups excluding carboxylic acids is 1. The van der Waals surface area contributed by atoms with Crippen LogP contribution in [0.4, 0.5) is 5.69 Å². The second-order valence-corrected chi connectivity index (χ2v) is 3.55. The number of carboxylic acids is 1. The third-order valence-corrected chi connectivity index (χ3v) is 2.13. The summed E-state index contributed by atoms with van der Waals surface area (Å²) in [5, 5.41) is 11.2. The Bertz CT molecular complexity index is 480. The topological polar surface area (TPSA) is 75.6 Å². The van der Waals surface area contributed by atoms with Crippen LogP contribution in [0, 0.1) is 0 Å². The average molecular weight is 249 g/mol. The molecule has 0 aromatic heterocycles. The van der Waals surface area contributed by atoms with Crippen LogP contribution in [0.25, 0.3) is 0 Å². The number of carboxylic acid groups (broad SMARTS) is 1. The van der Waals surface area contributed by atoms with Gasteiger partial charge in [0.1, 0.15) is 5.75 Å². The van der Waals surface area contributed by atoms with E-state index >= 15 is 0 Å². The summed E-state index contributed by atoms with van der Waals surface area (Å²) in [5.74, 6) is -1.07. The Labute approximate surface area is 105 Å². The van der Waals surface area contributed by atoms with Crippen LogP contribution in [0.1, 0.15) is 13.8 Å². The smallest absolute Gasteiger partial charge is 0.328 e. The van der Waals surface area contributed by atoms with Gasteiger partial charge in [0, 0.05) is 11.6 Å². The first-order valence-corrected chi connectivity index (χ1v) is 5.49. The van der Waals surface area contributed by atoms with E-state index in [1.165, 1.54) is 6.92 Å². The third-order valence-electron chi connectivity index (χ3n) is 2.13. The van der Waals surface area contributed by atoms with Gasteiger partial charge in [-0.3, -0.25) is 4.79 Å². The average Bonchev–Trinajstić information content (AvgIpc) is 2.31. The van der Waals surface area contributed by atoms with Gasteiger partial charge in [0.25, 0.3) is 5.91 Å². The van der Waals surface area contributed by atoms with Gasteiger partial charge in [-0.25, -0.2) is 4.79 Å². The summed E-state index contributed by atoms with van der Waals surface area (Å²) in [6.07, 6.45) is 0.860. The first kappa shape index (κ1) is 13.8. The van der Waals surface area contributed by atoms with Gasteiger partial charge in [0.2, 0.25) is 0 Å². The normalized spacial score (nSPS) is 10.9. The van der Waals surface area contributed by atoms with Crippen molar-refractivity contribution in [2.75, 3.05) is 11.9 Å². The minimum atomic E-state index is -1.15. The molecule has 0 fully saturated rings. The van der Waals surface area contributed by atoms with Crippen molar-refractivity contribution in [2.45, 2.75) is 13.8 Å². The molecule has 0 atom stereocenters. The summed E-state index contributed by atoms with van der Waals surface area (Å²) in [5.41, 5.74) is 0.635. The highest BCUT2D eigenvalue weighted by molar-refractivity contribution is 6.06. The highest BCUT2D eigenvalue weighted by Gasteiger charge is 2.09. The van der Waals surface area contributed by atoms with E-state index in [9.17, 15) is 9.59 Å². The molecule has 0 bridgehead atoms. The molecule has 2 N–H and O–H groups in total. The summed E-state index contributed by atoms with van der Waals surface area (Å²) in [6, 6.07) is 6.97. The Morgan fingerprint density at radius 3 is 2.67 bits per heavy atom. The first-order chi connectivity index (χ1) is 8.54. The molecule has 1 aromatic rings. The second-order valence-electron chi connectivity index (χ2n) is 3.55. The van der Waals surface area contributed by atoms with Crippen LogP contribution >= 0.6 is 0 Å². The van der Waals surface area contributed by atoms with Crippen LogP contribution in [0.5, 0.6) is 5.75 Å². The molecule has 1 rings (SSSR count). The summed E-state index contributed by atoms with van der Waals surface area (Å²) in [4.78, 5) is 22.2. The zero-order chi connectivity index (χ0) is 13.5. The maximum Gasteiger partial charge on any atom is 0.328 e. The highest BCUT2D eigenvalue weighted by atomic mass is 16.5. The molecule has 1 amide bonds. The summed E-state index contributed by atoms with van der Waals surface area (Å²) in [7, 11) is 0. The Morgan fingerprint density at radius 2 is 2.06 bits per heavy atom. The van der Waals surface area contributed by atoms with Gasteiger partial charge in [-0.1, -0.05) is 12.1 Å². The van der Waals surface area contributed by atoms with E-state index in [1.807, 2.05) is 6.92 Å². The Kier molecular flexibility index (Phi) is 4.92. The number of anilines is 1. The van der Waals surface area contributed by atoms with Crippen LogP contribution in [0.3, 0.4) is 0 Å². The number of para-hydroxylation sites is 2. The van der Waals surface area contributed by atoms with E-state index in [0.29, 0.717) is 18.0 Å². The van der Waals surface area contributed by atoms with Crippen molar-refractivity contribution >= 4 is 17.6 Å². The molecular weight excluding hydrogens is 234 g/mol. The van der Waals surface area contributed by atoms with Crippen molar-refractivity contribution in [1.29, 1.82) is 0 Å². The third kappa shape index (κ3) is 3.93. The van der Waals surface area contributed by atoms with Crippen molar-refractivity contribution in [1.82, 2.24) is 0 Å². The number of benzene rings is 1. The van der Waals surface area contributed by atoms with Gasteiger partial charge in [0.15, 0.2) is 0 Å². The molecular formula is C13H15NO4. The predicted molar refractivity (Wildman–Crippen MR) is 67.6 cm³/mol. The molecule has 96 valence electrons. The monoisotopic (exact) mass is 249 g/mol. The van der Waals surface area contributed by atoms with Crippen molar-refractivity contribution < 1.29 is 19.4 Å². The standard InChI is InChI=1S/C13H15NO4/c1-3-18-11-7-5-4-6-10(11)14-13(17)9(2)8-12(15)16/h4-8H,3H2,1-2H3,(H,14,17)(H,15,16). The molecule has 0 radical (unpaired) electrons. The zero-order valence-electron chi connectivity index (χ0n) is 10.3. The zero-order valence-corrected chi connectivity index (χ0v) is 10.3. The lowest BCUT2D eigenvalue weighted by Crippen LogP contribution is -2.14. The van der Waals surface area contributed by atoms with Crippen molar-refractivity contribution in [3.05, 3.63) is 35.9 Å². The van der Waals surface area contributed by atoms with Gasteiger partial charge in [-0.15, -0.1) is 0 Å². The molecule has 0 saturated heterocycles. The van der Waals surface area contributed by atoms with E-state index in [4.69, 9.17) is 9.84 Å². The Hall–Kier alpha value is -2.30. The van der Waals surface area contributed by atoms with E-state index in [-0.39, 0.29) is 5.57 Å². The summed E-state index contributed by atoms with van der Waals surface area (Å²) < 4.78 is 5.35. The molecule has 0 aliphatic rings. The fraction of sp³-hybridized carbons (Fsp3) is 0.231. The summed E-state index contributed by atoms with van der Waals surface area (Å²) >= 11 is 0. The Morgan fingerprint density at radius 1 is 1.39 bits per heavy atom. The molecule has 18 heavy (non-hydrogen) atoms. The molecule has 5 nitrogen and oxygen atoms in total. The van der Waals surface area contributed by atoms with Gasteiger partial charge in [-0.2, -0.15) is 0 Å². The van der Waals surface area contributed by atoms with Gasteiger partial charge in [-0.05, 0) is 26.0 Å². The SMILES string of the molecule is CCOc1ccccc1NC(=O)C(C)=CC(=O)O. The largest absolute Gasteiger partial charge is 0.492 e. The number of hydrogen-bond acceptors (Lipinski definition) is 3. The predicted octanol–water partition coefficient (Wildman–Crippen LogP) is 2.05. The van der Waals surface area contributed by atoms with Crippen molar-refractivity contribution in [2.24, 2.45) is 0 Å². The fourth-order valence-corrected chi connectivity index (χ4v) is 1.32. The van der Waals surface area contributed by atoms with Crippen LogP contribution in [-0.2, 0) is 9.59 Å². The number of carbonyl (C=O) groups is 2. The number of aliphatic carboxylic acids is 1. The molecule has 0 aliphatic carbocycles.